The Labute approximate surface area is 158 Å². The largest absolute Gasteiger partial charge is 0.411 e. The number of aliphatic hydroxyl groups excluding tert-OH is 1. The van der Waals surface area contributed by atoms with Crippen molar-refractivity contribution < 1.29 is 13.9 Å². The lowest BCUT2D eigenvalue weighted by atomic mass is 10.2. The number of rotatable bonds is 4. The fraction of sp³-hybridized carbons (Fsp3) is 0.111. The Bertz CT molecular complexity index is 944. The van der Waals surface area contributed by atoms with Gasteiger partial charge in [0.05, 0.1) is 6.54 Å². The minimum Gasteiger partial charge on any atom is -0.411 e. The standard InChI is InChI=1S/C18H13ClFN3O2S/c19-12-3-7-14(8-4-12)23-9-15(24)16(10-23)26-18-22-21-17(25-18)11-1-5-13(20)6-2-11/h1-8,10,15,24H,9H2. The SMILES string of the molecule is OC1CN(c2ccc(Cl)cc2)C=C1Sc1nnc(-c2ccc(F)cc2)o1. The highest BCUT2D eigenvalue weighted by molar-refractivity contribution is 8.02. The molecular formula is C18H13ClFN3O2S. The second-order valence-corrected chi connectivity index (χ2v) is 7.12. The quantitative estimate of drug-likeness (QED) is 0.716. The highest BCUT2D eigenvalue weighted by Crippen LogP contribution is 2.35. The van der Waals surface area contributed by atoms with Crippen molar-refractivity contribution in [1.82, 2.24) is 10.2 Å². The third kappa shape index (κ3) is 3.60. The number of anilines is 1. The fourth-order valence-electron chi connectivity index (χ4n) is 2.54. The number of aromatic nitrogens is 2. The third-order valence-corrected chi connectivity index (χ3v) is 5.05. The van der Waals surface area contributed by atoms with Crippen LogP contribution in [0, 0.1) is 5.82 Å². The molecule has 1 aliphatic heterocycles. The van der Waals surface area contributed by atoms with Gasteiger partial charge in [0.1, 0.15) is 11.9 Å². The van der Waals surface area contributed by atoms with Gasteiger partial charge in [-0.2, -0.15) is 0 Å². The van der Waals surface area contributed by atoms with Crippen molar-refractivity contribution in [3.8, 4) is 11.5 Å². The van der Waals surface area contributed by atoms with Crippen LogP contribution in [-0.4, -0.2) is 28.0 Å². The molecule has 0 bridgehead atoms. The van der Waals surface area contributed by atoms with Gasteiger partial charge in [0.25, 0.3) is 5.22 Å². The fourth-order valence-corrected chi connectivity index (χ4v) is 3.46. The van der Waals surface area contributed by atoms with Crippen LogP contribution in [0.2, 0.25) is 5.02 Å². The van der Waals surface area contributed by atoms with E-state index in [0.29, 0.717) is 33.1 Å². The second kappa shape index (κ2) is 7.11. The van der Waals surface area contributed by atoms with Crippen molar-refractivity contribution in [1.29, 1.82) is 0 Å². The lowest BCUT2D eigenvalue weighted by molar-refractivity contribution is 0.235. The van der Waals surface area contributed by atoms with Crippen LogP contribution in [0.25, 0.3) is 11.5 Å². The number of thioether (sulfide) groups is 1. The number of benzene rings is 2. The van der Waals surface area contributed by atoms with Crippen LogP contribution in [-0.2, 0) is 0 Å². The maximum Gasteiger partial charge on any atom is 0.281 e. The number of halogens is 2. The summed E-state index contributed by atoms with van der Waals surface area (Å²) in [6.45, 7) is 0.433. The summed E-state index contributed by atoms with van der Waals surface area (Å²) in [6.07, 6.45) is 1.19. The van der Waals surface area contributed by atoms with Gasteiger partial charge in [0, 0.05) is 27.4 Å². The summed E-state index contributed by atoms with van der Waals surface area (Å²) < 4.78 is 18.6. The van der Waals surface area contributed by atoms with E-state index in [4.69, 9.17) is 16.0 Å². The van der Waals surface area contributed by atoms with Crippen molar-refractivity contribution in [2.45, 2.75) is 11.3 Å². The summed E-state index contributed by atoms with van der Waals surface area (Å²) in [4.78, 5) is 2.63. The molecule has 3 aromatic rings. The number of hydrogen-bond acceptors (Lipinski definition) is 6. The van der Waals surface area contributed by atoms with Crippen LogP contribution in [0.1, 0.15) is 0 Å². The summed E-state index contributed by atoms with van der Waals surface area (Å²) in [7, 11) is 0. The molecule has 1 N–H and O–H groups in total. The van der Waals surface area contributed by atoms with E-state index in [1.807, 2.05) is 23.2 Å². The summed E-state index contributed by atoms with van der Waals surface area (Å²) in [5.41, 5.74) is 1.57. The Kier molecular flexibility index (Phi) is 4.67. The molecule has 0 saturated carbocycles. The maximum absolute atomic E-state index is 13.0. The van der Waals surface area contributed by atoms with Gasteiger partial charge in [0.15, 0.2) is 0 Å². The molecule has 2 heterocycles. The molecule has 0 fully saturated rings. The Hall–Kier alpha value is -2.35. The molecule has 0 amide bonds. The average molecular weight is 390 g/mol. The first kappa shape index (κ1) is 17.1. The average Bonchev–Trinajstić information content (AvgIpc) is 3.24. The Morgan fingerprint density at radius 1 is 1.12 bits per heavy atom. The molecule has 5 nitrogen and oxygen atoms in total. The van der Waals surface area contributed by atoms with Crippen molar-refractivity contribution >= 4 is 29.1 Å². The first-order chi connectivity index (χ1) is 12.6. The van der Waals surface area contributed by atoms with Crippen LogP contribution in [0.4, 0.5) is 10.1 Å². The minimum absolute atomic E-state index is 0.301. The van der Waals surface area contributed by atoms with E-state index in [1.54, 1.807) is 24.3 Å². The molecule has 4 rings (SSSR count). The van der Waals surface area contributed by atoms with Crippen molar-refractivity contribution in [2.24, 2.45) is 0 Å². The minimum atomic E-state index is -0.656. The molecule has 1 atom stereocenters. The zero-order valence-electron chi connectivity index (χ0n) is 13.3. The molecule has 1 aromatic heterocycles. The van der Waals surface area contributed by atoms with Crippen LogP contribution in [0.5, 0.6) is 0 Å². The highest BCUT2D eigenvalue weighted by atomic mass is 35.5. The highest BCUT2D eigenvalue weighted by Gasteiger charge is 2.26. The van der Waals surface area contributed by atoms with Gasteiger partial charge in [-0.05, 0) is 60.3 Å². The van der Waals surface area contributed by atoms with Gasteiger partial charge in [-0.3, -0.25) is 0 Å². The monoisotopic (exact) mass is 389 g/mol. The van der Waals surface area contributed by atoms with E-state index in [2.05, 4.69) is 10.2 Å². The van der Waals surface area contributed by atoms with Gasteiger partial charge in [-0.15, -0.1) is 10.2 Å². The number of β-amino-alcohol motifs (C(OH)–C–C–N with tert-alkyl or cyclic N) is 1. The van der Waals surface area contributed by atoms with Crippen molar-refractivity contribution in [2.75, 3.05) is 11.4 Å². The number of nitrogens with zero attached hydrogens (tertiary/aromatic N) is 3. The Morgan fingerprint density at radius 3 is 2.58 bits per heavy atom. The first-order valence-electron chi connectivity index (χ1n) is 7.78. The molecule has 1 unspecified atom stereocenters. The molecule has 1 aliphatic rings. The second-order valence-electron chi connectivity index (χ2n) is 5.66. The molecular weight excluding hydrogens is 377 g/mol. The number of aliphatic hydroxyl groups is 1. The van der Waals surface area contributed by atoms with Gasteiger partial charge in [0.2, 0.25) is 5.89 Å². The van der Waals surface area contributed by atoms with Gasteiger partial charge in [-0.25, -0.2) is 4.39 Å². The molecule has 132 valence electrons. The van der Waals surface area contributed by atoms with Crippen LogP contribution < -0.4 is 4.90 Å². The maximum atomic E-state index is 13.0. The lowest BCUT2D eigenvalue weighted by Crippen LogP contribution is -2.20. The Balaban J connectivity index is 1.50. The van der Waals surface area contributed by atoms with Gasteiger partial charge < -0.3 is 14.4 Å². The van der Waals surface area contributed by atoms with E-state index in [1.165, 1.54) is 23.9 Å². The summed E-state index contributed by atoms with van der Waals surface area (Å²) in [5.74, 6) is -0.0282. The molecule has 26 heavy (non-hydrogen) atoms. The molecule has 8 heteroatoms. The zero-order valence-corrected chi connectivity index (χ0v) is 14.9. The van der Waals surface area contributed by atoms with Crippen molar-refractivity contribution in [3.05, 3.63) is 70.5 Å². The molecule has 2 aromatic carbocycles. The molecule has 0 aliphatic carbocycles. The lowest BCUT2D eigenvalue weighted by Gasteiger charge is -2.15. The van der Waals surface area contributed by atoms with Gasteiger partial charge in [-0.1, -0.05) is 11.6 Å². The smallest absolute Gasteiger partial charge is 0.281 e. The summed E-state index contributed by atoms with van der Waals surface area (Å²) in [6, 6.07) is 13.2. The predicted molar refractivity (Wildman–Crippen MR) is 98.4 cm³/mol. The van der Waals surface area contributed by atoms with Crippen LogP contribution in [0.15, 0.2) is 69.3 Å². The van der Waals surface area contributed by atoms with E-state index >= 15 is 0 Å². The van der Waals surface area contributed by atoms with Gasteiger partial charge >= 0.3 is 0 Å². The molecule has 0 radical (unpaired) electrons. The topological polar surface area (TPSA) is 62.4 Å². The first-order valence-corrected chi connectivity index (χ1v) is 8.97. The van der Waals surface area contributed by atoms with E-state index in [-0.39, 0.29) is 5.82 Å². The summed E-state index contributed by atoms with van der Waals surface area (Å²) >= 11 is 7.12. The van der Waals surface area contributed by atoms with Crippen LogP contribution in [0.3, 0.4) is 0 Å². The summed E-state index contributed by atoms with van der Waals surface area (Å²) in [5, 5.41) is 19.2. The third-order valence-electron chi connectivity index (χ3n) is 3.84. The number of hydrogen-bond donors (Lipinski definition) is 1. The molecule has 0 saturated heterocycles. The normalized spacial score (nSPS) is 16.8. The van der Waals surface area contributed by atoms with E-state index < -0.39 is 6.10 Å². The van der Waals surface area contributed by atoms with Crippen LogP contribution >= 0.6 is 23.4 Å². The van der Waals surface area contributed by atoms with E-state index in [0.717, 1.165) is 5.69 Å². The predicted octanol–water partition coefficient (Wildman–Crippen LogP) is 4.34. The zero-order chi connectivity index (χ0) is 18.1. The molecule has 0 spiro atoms. The van der Waals surface area contributed by atoms with Crippen molar-refractivity contribution in [3.63, 3.8) is 0 Å². The van der Waals surface area contributed by atoms with E-state index in [9.17, 15) is 9.50 Å². The Morgan fingerprint density at radius 2 is 1.85 bits per heavy atom.